The van der Waals surface area contributed by atoms with Crippen LogP contribution in [0.15, 0.2) is 18.2 Å². The molecule has 1 aromatic carbocycles. The maximum atomic E-state index is 12.1. The summed E-state index contributed by atoms with van der Waals surface area (Å²) in [5, 5.41) is 5.83. The van der Waals surface area contributed by atoms with Crippen LogP contribution < -0.4 is 10.6 Å². The fraction of sp³-hybridized carbons (Fsp3) is 0.429. The standard InChI is InChI=1S/C14H18N2O3/c1-9-3-4-11-10(5-9)6-15-7-12(11)14(18)16-8-13(17)19-2/h3-5,12,15H,6-8H2,1-2H3,(H,16,18). The molecule has 1 atom stereocenters. The highest BCUT2D eigenvalue weighted by Gasteiger charge is 2.26. The number of hydrogen-bond acceptors (Lipinski definition) is 4. The highest BCUT2D eigenvalue weighted by Crippen LogP contribution is 2.25. The second-order valence-corrected chi connectivity index (χ2v) is 4.68. The largest absolute Gasteiger partial charge is 0.468 e. The number of rotatable bonds is 3. The Labute approximate surface area is 112 Å². The Kier molecular flexibility index (Phi) is 4.16. The number of nitrogens with one attached hydrogen (secondary N) is 2. The first kappa shape index (κ1) is 13.5. The van der Waals surface area contributed by atoms with Crippen molar-refractivity contribution in [3.8, 4) is 0 Å². The van der Waals surface area contributed by atoms with E-state index in [1.807, 2.05) is 19.1 Å². The van der Waals surface area contributed by atoms with Crippen LogP contribution in [0.25, 0.3) is 0 Å². The molecule has 102 valence electrons. The number of ether oxygens (including phenoxy) is 1. The van der Waals surface area contributed by atoms with E-state index in [0.29, 0.717) is 6.54 Å². The molecule has 0 bridgehead atoms. The van der Waals surface area contributed by atoms with E-state index in [1.54, 1.807) is 0 Å². The fourth-order valence-electron chi connectivity index (χ4n) is 2.28. The van der Waals surface area contributed by atoms with Gasteiger partial charge in [0.05, 0.1) is 13.0 Å². The van der Waals surface area contributed by atoms with E-state index in [4.69, 9.17) is 0 Å². The van der Waals surface area contributed by atoms with Crippen LogP contribution in [0.5, 0.6) is 0 Å². The van der Waals surface area contributed by atoms with Gasteiger partial charge >= 0.3 is 5.97 Å². The molecule has 2 rings (SSSR count). The first-order valence-corrected chi connectivity index (χ1v) is 6.26. The van der Waals surface area contributed by atoms with Crippen LogP contribution in [0, 0.1) is 6.92 Å². The van der Waals surface area contributed by atoms with Gasteiger partial charge in [0.25, 0.3) is 0 Å². The lowest BCUT2D eigenvalue weighted by Gasteiger charge is -2.25. The number of carbonyl (C=O) groups excluding carboxylic acids is 2. The lowest BCUT2D eigenvalue weighted by molar-refractivity contribution is -0.141. The maximum Gasteiger partial charge on any atom is 0.325 e. The Balaban J connectivity index is 2.10. The minimum absolute atomic E-state index is 0.0902. The number of benzene rings is 1. The number of esters is 1. The third-order valence-electron chi connectivity index (χ3n) is 3.29. The predicted octanol–water partition coefficient (Wildman–Crippen LogP) is 0.471. The number of fused-ring (bicyclic) bond motifs is 1. The van der Waals surface area contributed by atoms with Crippen molar-refractivity contribution in [1.29, 1.82) is 0 Å². The van der Waals surface area contributed by atoms with Crippen LogP contribution in [0.2, 0.25) is 0 Å². The van der Waals surface area contributed by atoms with E-state index >= 15 is 0 Å². The van der Waals surface area contributed by atoms with Gasteiger partial charge in [0.2, 0.25) is 5.91 Å². The van der Waals surface area contributed by atoms with Gasteiger partial charge in [-0.25, -0.2) is 0 Å². The van der Waals surface area contributed by atoms with Gasteiger partial charge in [-0.1, -0.05) is 23.8 Å². The van der Waals surface area contributed by atoms with Crippen LogP contribution >= 0.6 is 0 Å². The van der Waals surface area contributed by atoms with Gasteiger partial charge in [0.15, 0.2) is 0 Å². The summed E-state index contributed by atoms with van der Waals surface area (Å²) in [6.07, 6.45) is 0. The van der Waals surface area contributed by atoms with Gasteiger partial charge in [-0.15, -0.1) is 0 Å². The molecule has 1 aliphatic heterocycles. The van der Waals surface area contributed by atoms with Gasteiger partial charge in [0, 0.05) is 13.1 Å². The molecule has 1 aromatic rings. The normalized spacial score (nSPS) is 17.5. The molecule has 19 heavy (non-hydrogen) atoms. The smallest absolute Gasteiger partial charge is 0.325 e. The van der Waals surface area contributed by atoms with Gasteiger partial charge in [-0.2, -0.15) is 0 Å². The summed E-state index contributed by atoms with van der Waals surface area (Å²) in [4.78, 5) is 23.1. The van der Waals surface area contributed by atoms with Crippen LogP contribution in [-0.4, -0.2) is 32.1 Å². The molecule has 0 aromatic heterocycles. The van der Waals surface area contributed by atoms with E-state index in [1.165, 1.54) is 12.7 Å². The van der Waals surface area contributed by atoms with Gasteiger partial charge in [0.1, 0.15) is 6.54 Å². The zero-order chi connectivity index (χ0) is 13.8. The summed E-state index contributed by atoms with van der Waals surface area (Å²) in [5.41, 5.74) is 3.35. The summed E-state index contributed by atoms with van der Waals surface area (Å²) in [7, 11) is 1.30. The van der Waals surface area contributed by atoms with Crippen molar-refractivity contribution in [2.45, 2.75) is 19.4 Å². The zero-order valence-corrected chi connectivity index (χ0v) is 11.2. The van der Waals surface area contributed by atoms with Crippen molar-refractivity contribution >= 4 is 11.9 Å². The second kappa shape index (κ2) is 5.84. The molecule has 0 aliphatic carbocycles. The number of aryl methyl sites for hydroxylation is 1. The molecule has 0 saturated heterocycles. The first-order valence-electron chi connectivity index (χ1n) is 6.26. The number of amides is 1. The Morgan fingerprint density at radius 2 is 2.26 bits per heavy atom. The maximum absolute atomic E-state index is 12.1. The van der Waals surface area contributed by atoms with E-state index in [9.17, 15) is 9.59 Å². The molecule has 0 fully saturated rings. The first-order chi connectivity index (χ1) is 9.11. The van der Waals surface area contributed by atoms with Crippen LogP contribution in [0.3, 0.4) is 0 Å². The summed E-state index contributed by atoms with van der Waals surface area (Å²) in [6.45, 7) is 3.30. The molecule has 1 heterocycles. The molecule has 5 heteroatoms. The Bertz CT molecular complexity index is 499. The molecule has 2 N–H and O–H groups in total. The molecule has 1 aliphatic rings. The third kappa shape index (κ3) is 3.12. The zero-order valence-electron chi connectivity index (χ0n) is 11.2. The average Bonchev–Trinajstić information content (AvgIpc) is 2.43. The Morgan fingerprint density at radius 3 is 3.00 bits per heavy atom. The molecule has 0 spiro atoms. The van der Waals surface area contributed by atoms with Crippen molar-refractivity contribution in [2.24, 2.45) is 0 Å². The number of hydrogen-bond donors (Lipinski definition) is 2. The molecular weight excluding hydrogens is 244 g/mol. The van der Waals surface area contributed by atoms with Crippen LogP contribution in [0.4, 0.5) is 0 Å². The van der Waals surface area contributed by atoms with Crippen molar-refractivity contribution in [3.05, 3.63) is 34.9 Å². The lowest BCUT2D eigenvalue weighted by Crippen LogP contribution is -2.40. The molecule has 0 radical (unpaired) electrons. The molecule has 1 unspecified atom stereocenters. The highest BCUT2D eigenvalue weighted by molar-refractivity contribution is 5.87. The predicted molar refractivity (Wildman–Crippen MR) is 70.7 cm³/mol. The van der Waals surface area contributed by atoms with Crippen molar-refractivity contribution in [1.82, 2.24) is 10.6 Å². The van der Waals surface area contributed by atoms with Gasteiger partial charge < -0.3 is 15.4 Å². The Hall–Kier alpha value is -1.88. The summed E-state index contributed by atoms with van der Waals surface area (Å²) < 4.78 is 4.50. The van der Waals surface area contributed by atoms with Crippen molar-refractivity contribution in [3.63, 3.8) is 0 Å². The SMILES string of the molecule is COC(=O)CNC(=O)C1CNCc2cc(C)ccc21. The number of methoxy groups -OCH3 is 1. The molecular formula is C14H18N2O3. The Morgan fingerprint density at radius 1 is 1.47 bits per heavy atom. The fourth-order valence-corrected chi connectivity index (χ4v) is 2.28. The van der Waals surface area contributed by atoms with Crippen molar-refractivity contribution < 1.29 is 14.3 Å². The molecule has 1 amide bonds. The van der Waals surface area contributed by atoms with Gasteiger partial charge in [-0.05, 0) is 18.1 Å². The number of carbonyl (C=O) groups is 2. The summed E-state index contributed by atoms with van der Waals surface area (Å²) in [6, 6.07) is 6.08. The lowest BCUT2D eigenvalue weighted by atomic mass is 9.89. The summed E-state index contributed by atoms with van der Waals surface area (Å²) >= 11 is 0. The van der Waals surface area contributed by atoms with E-state index < -0.39 is 5.97 Å². The van der Waals surface area contributed by atoms with E-state index in [-0.39, 0.29) is 18.4 Å². The van der Waals surface area contributed by atoms with Crippen LogP contribution in [0.1, 0.15) is 22.6 Å². The summed E-state index contributed by atoms with van der Waals surface area (Å²) in [5.74, 6) is -0.849. The highest BCUT2D eigenvalue weighted by atomic mass is 16.5. The molecule has 5 nitrogen and oxygen atoms in total. The van der Waals surface area contributed by atoms with Gasteiger partial charge in [-0.3, -0.25) is 9.59 Å². The van der Waals surface area contributed by atoms with Crippen molar-refractivity contribution in [2.75, 3.05) is 20.2 Å². The minimum Gasteiger partial charge on any atom is -0.468 e. The molecule has 0 saturated carbocycles. The minimum atomic E-state index is -0.443. The topological polar surface area (TPSA) is 67.4 Å². The quantitative estimate of drug-likeness (QED) is 0.777. The van der Waals surface area contributed by atoms with E-state index in [0.717, 1.165) is 17.7 Å². The van der Waals surface area contributed by atoms with E-state index in [2.05, 4.69) is 21.4 Å². The monoisotopic (exact) mass is 262 g/mol. The second-order valence-electron chi connectivity index (χ2n) is 4.68. The average molecular weight is 262 g/mol. The van der Waals surface area contributed by atoms with Crippen LogP contribution in [-0.2, 0) is 20.9 Å². The third-order valence-corrected chi connectivity index (χ3v) is 3.29.